The first-order valence-electron chi connectivity index (χ1n) is 10.7. The summed E-state index contributed by atoms with van der Waals surface area (Å²) >= 11 is 0. The van der Waals surface area contributed by atoms with E-state index >= 15 is 0 Å². The molecular formula is C24H32N2O4S. The molecule has 1 N–H and O–H groups in total. The highest BCUT2D eigenvalue weighted by Gasteiger charge is 2.24. The number of ether oxygens (including phenoxy) is 1. The molecule has 0 bridgehead atoms. The first-order chi connectivity index (χ1) is 14.6. The van der Waals surface area contributed by atoms with Gasteiger partial charge in [-0.3, -0.25) is 4.79 Å². The maximum absolute atomic E-state index is 12.5. The maximum atomic E-state index is 12.5. The maximum Gasteiger partial charge on any atom is 0.260 e. The molecule has 0 spiro atoms. The summed E-state index contributed by atoms with van der Waals surface area (Å²) in [6.45, 7) is 6.81. The summed E-state index contributed by atoms with van der Waals surface area (Å²) in [6.07, 6.45) is 3.04. The summed E-state index contributed by atoms with van der Waals surface area (Å²) in [7, 11) is -3.59. The zero-order valence-electron chi connectivity index (χ0n) is 18.5. The molecule has 2 aromatic rings. The lowest BCUT2D eigenvalue weighted by Crippen LogP contribution is -2.41. The molecule has 1 fully saturated rings. The smallest absolute Gasteiger partial charge is 0.260 e. The summed E-state index contributed by atoms with van der Waals surface area (Å²) in [4.78, 5) is 14.5. The molecular weight excluding hydrogens is 412 g/mol. The molecule has 1 aliphatic rings. The van der Waals surface area contributed by atoms with E-state index in [4.69, 9.17) is 4.74 Å². The lowest BCUT2D eigenvalue weighted by Gasteiger charge is -2.32. The number of amides is 1. The Balaban J connectivity index is 1.46. The fraction of sp³-hybridized carbons (Fsp3) is 0.458. The van der Waals surface area contributed by atoms with Gasteiger partial charge in [-0.05, 0) is 75.8 Å². The van der Waals surface area contributed by atoms with E-state index in [0.717, 1.165) is 32.4 Å². The van der Waals surface area contributed by atoms with E-state index in [1.807, 2.05) is 11.0 Å². The van der Waals surface area contributed by atoms with Gasteiger partial charge in [0.15, 0.2) is 6.61 Å². The number of sulfonamides is 1. The Labute approximate surface area is 185 Å². The molecule has 0 atom stereocenters. The highest BCUT2D eigenvalue weighted by molar-refractivity contribution is 7.89. The molecule has 31 heavy (non-hydrogen) atoms. The molecule has 0 saturated carbocycles. The summed E-state index contributed by atoms with van der Waals surface area (Å²) in [5.74, 6) is 1.04. The summed E-state index contributed by atoms with van der Waals surface area (Å²) in [6, 6.07) is 16.6. The lowest BCUT2D eigenvalue weighted by atomic mass is 9.90. The average molecular weight is 445 g/mol. The first-order valence-corrected chi connectivity index (χ1v) is 12.2. The van der Waals surface area contributed by atoms with Crippen LogP contribution in [-0.2, 0) is 21.2 Å². The summed E-state index contributed by atoms with van der Waals surface area (Å²) < 4.78 is 32.9. The predicted molar refractivity (Wildman–Crippen MR) is 121 cm³/mol. The van der Waals surface area contributed by atoms with Gasteiger partial charge < -0.3 is 9.64 Å². The van der Waals surface area contributed by atoms with Gasteiger partial charge in [0.2, 0.25) is 10.0 Å². The van der Waals surface area contributed by atoms with Crippen LogP contribution in [0.2, 0.25) is 0 Å². The van der Waals surface area contributed by atoms with Crippen LogP contribution in [0.5, 0.6) is 5.75 Å². The van der Waals surface area contributed by atoms with Gasteiger partial charge in [0.1, 0.15) is 5.75 Å². The van der Waals surface area contributed by atoms with Crippen LogP contribution >= 0.6 is 0 Å². The lowest BCUT2D eigenvalue weighted by molar-refractivity contribution is -0.134. The summed E-state index contributed by atoms with van der Waals surface area (Å²) in [5.41, 5.74) is 0.786. The first kappa shape index (κ1) is 23.3. The molecule has 1 aliphatic heterocycles. The van der Waals surface area contributed by atoms with Gasteiger partial charge >= 0.3 is 0 Å². The zero-order valence-corrected chi connectivity index (χ0v) is 19.3. The van der Waals surface area contributed by atoms with E-state index in [2.05, 4.69) is 29.0 Å². The van der Waals surface area contributed by atoms with Crippen molar-refractivity contribution in [2.75, 3.05) is 19.7 Å². The SMILES string of the molecule is CC(C)(C)NS(=O)(=O)c1ccc(OCC(=O)N2CCC(Cc3ccccc3)CC2)cc1. The van der Waals surface area contributed by atoms with Crippen molar-refractivity contribution >= 4 is 15.9 Å². The average Bonchev–Trinajstić information content (AvgIpc) is 2.72. The zero-order chi connectivity index (χ0) is 22.5. The fourth-order valence-electron chi connectivity index (χ4n) is 3.75. The monoisotopic (exact) mass is 444 g/mol. The normalized spacial score (nSPS) is 15.6. The van der Waals surface area contributed by atoms with Gasteiger partial charge in [0.05, 0.1) is 4.90 Å². The van der Waals surface area contributed by atoms with Crippen LogP contribution in [-0.4, -0.2) is 44.5 Å². The van der Waals surface area contributed by atoms with Crippen LogP contribution in [0.15, 0.2) is 59.5 Å². The number of hydrogen-bond donors (Lipinski definition) is 1. The third-order valence-electron chi connectivity index (χ3n) is 5.27. The summed E-state index contributed by atoms with van der Waals surface area (Å²) in [5, 5.41) is 0. The van der Waals surface area contributed by atoms with Crippen LogP contribution in [0.1, 0.15) is 39.2 Å². The highest BCUT2D eigenvalue weighted by atomic mass is 32.2. The second-order valence-electron chi connectivity index (χ2n) is 9.13. The third-order valence-corrected chi connectivity index (χ3v) is 7.05. The molecule has 7 heteroatoms. The van der Waals surface area contributed by atoms with Crippen LogP contribution in [0.4, 0.5) is 0 Å². The van der Waals surface area contributed by atoms with Crippen molar-refractivity contribution < 1.29 is 17.9 Å². The van der Waals surface area contributed by atoms with Crippen LogP contribution < -0.4 is 9.46 Å². The van der Waals surface area contributed by atoms with E-state index in [0.29, 0.717) is 11.7 Å². The Kier molecular flexibility index (Phi) is 7.38. The Bertz CT molecular complexity index is 959. The van der Waals surface area contributed by atoms with Gasteiger partial charge in [-0.25, -0.2) is 13.1 Å². The fourth-order valence-corrected chi connectivity index (χ4v) is 5.17. The van der Waals surface area contributed by atoms with E-state index in [1.54, 1.807) is 32.9 Å². The van der Waals surface area contributed by atoms with Crippen molar-refractivity contribution in [1.29, 1.82) is 0 Å². The second kappa shape index (κ2) is 9.83. The largest absolute Gasteiger partial charge is 0.484 e. The number of benzene rings is 2. The van der Waals surface area contributed by atoms with Crippen molar-refractivity contribution in [2.45, 2.75) is 50.5 Å². The third kappa shape index (κ3) is 7.08. The van der Waals surface area contributed by atoms with Gasteiger partial charge in [-0.1, -0.05) is 30.3 Å². The van der Waals surface area contributed by atoms with Gasteiger partial charge in [0, 0.05) is 18.6 Å². The van der Waals surface area contributed by atoms with Crippen LogP contribution in [0, 0.1) is 5.92 Å². The Morgan fingerprint density at radius 3 is 2.23 bits per heavy atom. The highest BCUT2D eigenvalue weighted by Crippen LogP contribution is 2.22. The molecule has 0 unspecified atom stereocenters. The predicted octanol–water partition coefficient (Wildman–Crippen LogP) is 3.62. The number of carbonyl (C=O) groups is 1. The number of hydrogen-bond acceptors (Lipinski definition) is 4. The van der Waals surface area contributed by atoms with Crippen LogP contribution in [0.25, 0.3) is 0 Å². The molecule has 0 aliphatic carbocycles. The molecule has 0 radical (unpaired) electrons. The van der Waals surface area contributed by atoms with Gasteiger partial charge in [-0.15, -0.1) is 0 Å². The quantitative estimate of drug-likeness (QED) is 0.708. The number of nitrogens with one attached hydrogen (secondary N) is 1. The van der Waals surface area contributed by atoms with Crippen molar-refractivity contribution in [3.8, 4) is 5.75 Å². The molecule has 1 heterocycles. The molecule has 6 nitrogen and oxygen atoms in total. The van der Waals surface area contributed by atoms with E-state index in [-0.39, 0.29) is 17.4 Å². The van der Waals surface area contributed by atoms with Crippen molar-refractivity contribution in [3.05, 3.63) is 60.2 Å². The Hall–Kier alpha value is -2.38. The number of nitrogens with zero attached hydrogens (tertiary/aromatic N) is 1. The topological polar surface area (TPSA) is 75.7 Å². The number of carbonyl (C=O) groups excluding carboxylic acids is 1. The molecule has 1 amide bonds. The Morgan fingerprint density at radius 1 is 1.03 bits per heavy atom. The number of likely N-dealkylation sites (tertiary alicyclic amines) is 1. The van der Waals surface area contributed by atoms with E-state index in [9.17, 15) is 13.2 Å². The molecule has 3 rings (SSSR count). The standard InChI is InChI=1S/C24H32N2O4S/c1-24(2,3)25-31(28,29)22-11-9-21(10-12-22)30-18-23(27)26-15-13-20(14-16-26)17-19-7-5-4-6-8-19/h4-12,20,25H,13-18H2,1-3H3. The van der Waals surface area contributed by atoms with E-state index < -0.39 is 15.6 Å². The second-order valence-corrected chi connectivity index (χ2v) is 10.8. The van der Waals surface area contributed by atoms with Crippen LogP contribution in [0.3, 0.4) is 0 Å². The van der Waals surface area contributed by atoms with Crippen molar-refractivity contribution in [2.24, 2.45) is 5.92 Å². The Morgan fingerprint density at radius 2 is 1.65 bits per heavy atom. The van der Waals surface area contributed by atoms with Gasteiger partial charge in [0.25, 0.3) is 5.91 Å². The van der Waals surface area contributed by atoms with Crippen molar-refractivity contribution in [1.82, 2.24) is 9.62 Å². The molecule has 0 aromatic heterocycles. The molecule has 2 aromatic carbocycles. The molecule has 1 saturated heterocycles. The molecule has 168 valence electrons. The minimum Gasteiger partial charge on any atom is -0.484 e. The minimum atomic E-state index is -3.59. The van der Waals surface area contributed by atoms with Crippen molar-refractivity contribution in [3.63, 3.8) is 0 Å². The van der Waals surface area contributed by atoms with E-state index in [1.165, 1.54) is 17.7 Å². The number of rotatable bonds is 7. The van der Waals surface area contributed by atoms with Gasteiger partial charge in [-0.2, -0.15) is 0 Å². The number of piperidine rings is 1. The minimum absolute atomic E-state index is 0.0377.